The van der Waals surface area contributed by atoms with Gasteiger partial charge in [0.15, 0.2) is 11.5 Å². The fraction of sp³-hybridized carbons (Fsp3) is 0.250. The summed E-state index contributed by atoms with van der Waals surface area (Å²) in [6.45, 7) is -0.0422. The molecule has 0 aromatic heterocycles. The SMILES string of the molecule is NCCOc1cc(-c2cccc(C(F)(F)F)c2)ccc1OC(F)(F)F. The number of alkyl halides is 6. The predicted octanol–water partition coefficient (Wildman–Crippen LogP) is 4.61. The summed E-state index contributed by atoms with van der Waals surface area (Å²) in [6.07, 6.45) is -9.47. The summed E-state index contributed by atoms with van der Waals surface area (Å²) in [5.41, 5.74) is 4.80. The van der Waals surface area contributed by atoms with Crippen molar-refractivity contribution in [3.8, 4) is 22.6 Å². The Hall–Kier alpha value is -2.42. The molecule has 0 heterocycles. The second-order valence-electron chi connectivity index (χ2n) is 4.93. The lowest BCUT2D eigenvalue weighted by molar-refractivity contribution is -0.275. The number of ether oxygens (including phenoxy) is 2. The molecule has 0 spiro atoms. The Kier molecular flexibility index (Phi) is 5.46. The van der Waals surface area contributed by atoms with Gasteiger partial charge < -0.3 is 15.2 Å². The van der Waals surface area contributed by atoms with E-state index in [-0.39, 0.29) is 30.0 Å². The highest BCUT2D eigenvalue weighted by molar-refractivity contribution is 5.68. The molecular weight excluding hydrogens is 352 g/mol. The minimum absolute atomic E-state index is 0.0409. The van der Waals surface area contributed by atoms with Crippen molar-refractivity contribution in [3.05, 3.63) is 48.0 Å². The summed E-state index contributed by atoms with van der Waals surface area (Å²) in [5.74, 6) is -0.866. The van der Waals surface area contributed by atoms with Gasteiger partial charge in [-0.2, -0.15) is 13.2 Å². The molecule has 0 amide bonds. The zero-order valence-electron chi connectivity index (χ0n) is 12.6. The normalized spacial score (nSPS) is 12.1. The standard InChI is InChI=1S/C16H13F6NO2/c17-15(18,19)12-3-1-2-10(8-12)11-4-5-13(25-16(20,21)22)14(9-11)24-7-6-23/h1-5,8-9H,6-7,23H2. The third-order valence-corrected chi connectivity index (χ3v) is 3.07. The monoisotopic (exact) mass is 365 g/mol. The second-order valence-corrected chi connectivity index (χ2v) is 4.93. The van der Waals surface area contributed by atoms with Crippen LogP contribution in [0, 0.1) is 0 Å². The molecule has 0 saturated heterocycles. The summed E-state index contributed by atoms with van der Waals surface area (Å²) >= 11 is 0. The van der Waals surface area contributed by atoms with Crippen molar-refractivity contribution >= 4 is 0 Å². The Morgan fingerprint density at radius 2 is 1.52 bits per heavy atom. The van der Waals surface area contributed by atoms with Crippen LogP contribution in [0.1, 0.15) is 5.56 Å². The van der Waals surface area contributed by atoms with E-state index in [0.29, 0.717) is 0 Å². The van der Waals surface area contributed by atoms with E-state index in [1.807, 2.05) is 0 Å². The van der Waals surface area contributed by atoms with Gasteiger partial charge in [-0.3, -0.25) is 0 Å². The molecule has 0 radical (unpaired) electrons. The van der Waals surface area contributed by atoms with Crippen LogP contribution in [0.5, 0.6) is 11.5 Å². The highest BCUT2D eigenvalue weighted by Crippen LogP contribution is 2.37. The molecule has 25 heavy (non-hydrogen) atoms. The summed E-state index contributed by atoms with van der Waals surface area (Å²) in [7, 11) is 0. The number of hydrogen-bond donors (Lipinski definition) is 1. The topological polar surface area (TPSA) is 44.5 Å². The molecule has 2 aromatic rings. The van der Waals surface area contributed by atoms with E-state index in [4.69, 9.17) is 10.5 Å². The van der Waals surface area contributed by atoms with Gasteiger partial charge in [0.25, 0.3) is 0 Å². The molecule has 2 N–H and O–H groups in total. The lowest BCUT2D eigenvalue weighted by Crippen LogP contribution is -2.18. The molecule has 2 aromatic carbocycles. The molecule has 0 aliphatic rings. The fourth-order valence-electron chi connectivity index (χ4n) is 2.05. The molecule has 3 nitrogen and oxygen atoms in total. The average Bonchev–Trinajstić information content (AvgIpc) is 2.52. The summed E-state index contributed by atoms with van der Waals surface area (Å²) in [5, 5.41) is 0. The van der Waals surface area contributed by atoms with Crippen molar-refractivity contribution in [1.82, 2.24) is 0 Å². The molecular formula is C16H13F6NO2. The van der Waals surface area contributed by atoms with E-state index < -0.39 is 23.9 Å². The highest BCUT2D eigenvalue weighted by Gasteiger charge is 2.33. The van der Waals surface area contributed by atoms with Gasteiger partial charge in [0.2, 0.25) is 0 Å². The first-order valence-electron chi connectivity index (χ1n) is 7.00. The van der Waals surface area contributed by atoms with Crippen molar-refractivity contribution in [2.45, 2.75) is 12.5 Å². The number of benzene rings is 2. The van der Waals surface area contributed by atoms with Crippen LogP contribution >= 0.6 is 0 Å². The molecule has 0 atom stereocenters. The van der Waals surface area contributed by atoms with Crippen LogP contribution in [-0.4, -0.2) is 19.5 Å². The molecule has 0 bridgehead atoms. The first kappa shape index (κ1) is 18.9. The smallest absolute Gasteiger partial charge is 0.488 e. The molecule has 136 valence electrons. The average molecular weight is 365 g/mol. The lowest BCUT2D eigenvalue weighted by atomic mass is 10.0. The van der Waals surface area contributed by atoms with Crippen molar-refractivity contribution in [2.75, 3.05) is 13.2 Å². The zero-order valence-corrected chi connectivity index (χ0v) is 12.6. The van der Waals surface area contributed by atoms with Gasteiger partial charge in [-0.05, 0) is 35.4 Å². The maximum absolute atomic E-state index is 12.8. The van der Waals surface area contributed by atoms with Gasteiger partial charge in [0.05, 0.1) is 5.56 Å². The minimum Gasteiger partial charge on any atom is -0.488 e. The second kappa shape index (κ2) is 7.22. The Bertz CT molecular complexity index is 727. The first-order chi connectivity index (χ1) is 11.6. The van der Waals surface area contributed by atoms with Crippen molar-refractivity contribution in [3.63, 3.8) is 0 Å². The van der Waals surface area contributed by atoms with Crippen LogP contribution in [0.4, 0.5) is 26.3 Å². The van der Waals surface area contributed by atoms with Gasteiger partial charge in [0, 0.05) is 6.54 Å². The lowest BCUT2D eigenvalue weighted by Gasteiger charge is -2.15. The summed E-state index contributed by atoms with van der Waals surface area (Å²) < 4.78 is 84.6. The van der Waals surface area contributed by atoms with E-state index in [2.05, 4.69) is 4.74 Å². The fourth-order valence-corrected chi connectivity index (χ4v) is 2.05. The van der Waals surface area contributed by atoms with Crippen LogP contribution in [0.25, 0.3) is 11.1 Å². The quantitative estimate of drug-likeness (QED) is 0.787. The third-order valence-electron chi connectivity index (χ3n) is 3.07. The maximum atomic E-state index is 12.8. The van der Waals surface area contributed by atoms with Crippen LogP contribution in [-0.2, 0) is 6.18 Å². The number of hydrogen-bond acceptors (Lipinski definition) is 3. The van der Waals surface area contributed by atoms with Gasteiger partial charge in [-0.25, -0.2) is 0 Å². The Morgan fingerprint density at radius 3 is 2.12 bits per heavy atom. The number of halogens is 6. The molecule has 9 heteroatoms. The first-order valence-corrected chi connectivity index (χ1v) is 7.00. The van der Waals surface area contributed by atoms with Gasteiger partial charge in [-0.15, -0.1) is 13.2 Å². The number of nitrogens with two attached hydrogens (primary N) is 1. The molecule has 0 unspecified atom stereocenters. The van der Waals surface area contributed by atoms with Gasteiger partial charge in [-0.1, -0.05) is 18.2 Å². The molecule has 0 aliphatic carbocycles. The highest BCUT2D eigenvalue weighted by atomic mass is 19.4. The third kappa shape index (κ3) is 5.28. The van der Waals surface area contributed by atoms with Crippen molar-refractivity contribution in [1.29, 1.82) is 0 Å². The van der Waals surface area contributed by atoms with Crippen LogP contribution in [0.2, 0.25) is 0 Å². The predicted molar refractivity (Wildman–Crippen MR) is 78.1 cm³/mol. The molecule has 0 fully saturated rings. The van der Waals surface area contributed by atoms with E-state index in [1.54, 1.807) is 0 Å². The summed E-state index contributed by atoms with van der Waals surface area (Å²) in [6, 6.07) is 7.77. The Balaban J connectivity index is 2.42. The summed E-state index contributed by atoms with van der Waals surface area (Å²) in [4.78, 5) is 0. The van der Waals surface area contributed by atoms with E-state index in [9.17, 15) is 26.3 Å². The minimum atomic E-state index is -4.93. The van der Waals surface area contributed by atoms with Crippen LogP contribution in [0.15, 0.2) is 42.5 Å². The molecule has 2 rings (SSSR count). The maximum Gasteiger partial charge on any atom is 0.573 e. The Morgan fingerprint density at radius 1 is 0.840 bits per heavy atom. The van der Waals surface area contributed by atoms with Crippen LogP contribution in [0.3, 0.4) is 0 Å². The molecule has 0 saturated carbocycles. The number of rotatable bonds is 5. The van der Waals surface area contributed by atoms with E-state index in [1.165, 1.54) is 24.3 Å². The van der Waals surface area contributed by atoms with E-state index >= 15 is 0 Å². The Labute approximate surface area is 139 Å². The zero-order chi connectivity index (χ0) is 18.7. The van der Waals surface area contributed by atoms with Crippen LogP contribution < -0.4 is 15.2 Å². The van der Waals surface area contributed by atoms with E-state index in [0.717, 1.165) is 18.2 Å². The molecule has 0 aliphatic heterocycles. The van der Waals surface area contributed by atoms with Crippen molar-refractivity contribution < 1.29 is 35.8 Å². The van der Waals surface area contributed by atoms with Crippen molar-refractivity contribution in [2.24, 2.45) is 5.73 Å². The van der Waals surface area contributed by atoms with Gasteiger partial charge in [0.1, 0.15) is 6.61 Å². The largest absolute Gasteiger partial charge is 0.573 e. The van der Waals surface area contributed by atoms with Gasteiger partial charge >= 0.3 is 12.5 Å².